The smallest absolute Gasteiger partial charge is 0.264 e. The van der Waals surface area contributed by atoms with E-state index in [-0.39, 0.29) is 12.5 Å². The molecule has 7 heteroatoms. The van der Waals surface area contributed by atoms with Crippen LogP contribution in [0.1, 0.15) is 0 Å². The Hall–Kier alpha value is -2.57. The Morgan fingerprint density at radius 1 is 1.24 bits per heavy atom. The number of anilines is 1. The second-order valence-corrected chi connectivity index (χ2v) is 6.48. The van der Waals surface area contributed by atoms with Gasteiger partial charge >= 0.3 is 0 Å². The lowest BCUT2D eigenvalue weighted by Crippen LogP contribution is -2.20. The third-order valence-electron chi connectivity index (χ3n) is 3.16. The van der Waals surface area contributed by atoms with Gasteiger partial charge < -0.3 is 9.47 Å². The summed E-state index contributed by atoms with van der Waals surface area (Å²) in [4.78, 5) is 16.4. The van der Waals surface area contributed by atoms with Crippen molar-refractivity contribution in [2.75, 3.05) is 18.5 Å². The molecule has 3 aromatic rings. The zero-order chi connectivity index (χ0) is 17.6. The van der Waals surface area contributed by atoms with Crippen molar-refractivity contribution < 1.29 is 14.3 Å². The fraction of sp³-hybridized carbons (Fsp3) is 0.111. The maximum Gasteiger partial charge on any atom is 0.264 e. The number of aromatic nitrogens is 1. The Balaban J connectivity index is 1.61. The molecule has 0 aliphatic carbocycles. The van der Waals surface area contributed by atoms with Crippen molar-refractivity contribution in [1.82, 2.24) is 4.98 Å². The molecule has 5 nitrogen and oxygen atoms in total. The summed E-state index contributed by atoms with van der Waals surface area (Å²) in [5, 5.41) is 3.86. The molecule has 128 valence electrons. The summed E-state index contributed by atoms with van der Waals surface area (Å²) >= 11 is 7.31. The fourth-order valence-electron chi connectivity index (χ4n) is 2.09. The number of hydrogen-bond donors (Lipinski definition) is 1. The summed E-state index contributed by atoms with van der Waals surface area (Å²) in [6.07, 6.45) is 1.64. The van der Waals surface area contributed by atoms with Gasteiger partial charge in [0, 0.05) is 5.02 Å². The predicted octanol–water partition coefficient (Wildman–Crippen LogP) is 4.53. The largest absolute Gasteiger partial charge is 0.486 e. The monoisotopic (exact) mass is 374 g/mol. The van der Waals surface area contributed by atoms with Crippen molar-refractivity contribution in [1.29, 1.82) is 0 Å². The summed E-state index contributed by atoms with van der Waals surface area (Å²) in [6.45, 7) is 3.82. The second-order valence-electron chi connectivity index (χ2n) is 5.01. The van der Waals surface area contributed by atoms with E-state index in [1.165, 1.54) is 11.3 Å². The van der Waals surface area contributed by atoms with E-state index >= 15 is 0 Å². The third kappa shape index (κ3) is 4.49. The van der Waals surface area contributed by atoms with E-state index in [2.05, 4.69) is 16.9 Å². The van der Waals surface area contributed by atoms with Gasteiger partial charge in [0.05, 0.1) is 10.2 Å². The van der Waals surface area contributed by atoms with Gasteiger partial charge in [-0.25, -0.2) is 4.98 Å². The van der Waals surface area contributed by atoms with Crippen LogP contribution in [0, 0.1) is 0 Å². The fourth-order valence-corrected chi connectivity index (χ4v) is 3.25. The van der Waals surface area contributed by atoms with Crippen LogP contribution in [-0.4, -0.2) is 24.1 Å². The van der Waals surface area contributed by atoms with Gasteiger partial charge in [0.1, 0.15) is 6.61 Å². The van der Waals surface area contributed by atoms with E-state index in [0.29, 0.717) is 28.3 Å². The summed E-state index contributed by atoms with van der Waals surface area (Å²) in [6, 6.07) is 12.5. The number of fused-ring (bicyclic) bond motifs is 1. The highest BCUT2D eigenvalue weighted by Crippen LogP contribution is 2.29. The summed E-state index contributed by atoms with van der Waals surface area (Å²) in [5.41, 5.74) is 0.786. The summed E-state index contributed by atoms with van der Waals surface area (Å²) < 4.78 is 11.9. The molecule has 0 unspecified atom stereocenters. The number of thiazole rings is 1. The Morgan fingerprint density at radius 3 is 2.76 bits per heavy atom. The molecular formula is C18H15ClN2O3S. The van der Waals surface area contributed by atoms with Gasteiger partial charge in [-0.15, -0.1) is 0 Å². The van der Waals surface area contributed by atoms with Crippen molar-refractivity contribution in [3.8, 4) is 11.5 Å². The Kier molecular flexibility index (Phi) is 5.53. The number of hydrogen-bond acceptors (Lipinski definition) is 5. The van der Waals surface area contributed by atoms with Crippen molar-refractivity contribution in [3.05, 3.63) is 60.1 Å². The van der Waals surface area contributed by atoms with Crippen LogP contribution in [0.15, 0.2) is 55.1 Å². The lowest BCUT2D eigenvalue weighted by atomic mass is 10.3. The van der Waals surface area contributed by atoms with E-state index < -0.39 is 0 Å². The average Bonchev–Trinajstić information content (AvgIpc) is 3.00. The highest BCUT2D eigenvalue weighted by atomic mass is 35.5. The number of nitrogens with one attached hydrogen (secondary N) is 1. The number of rotatable bonds is 7. The van der Waals surface area contributed by atoms with Crippen molar-refractivity contribution in [3.63, 3.8) is 0 Å². The molecule has 1 aromatic heterocycles. The van der Waals surface area contributed by atoms with Gasteiger partial charge in [-0.05, 0) is 30.3 Å². The first kappa shape index (κ1) is 17.3. The third-order valence-corrected chi connectivity index (χ3v) is 4.33. The number of carbonyl (C=O) groups excluding carboxylic acids is 1. The number of halogens is 1. The normalized spacial score (nSPS) is 10.4. The van der Waals surface area contributed by atoms with Gasteiger partial charge in [-0.2, -0.15) is 0 Å². The van der Waals surface area contributed by atoms with E-state index in [1.807, 2.05) is 24.3 Å². The minimum absolute atomic E-state index is 0.148. The molecule has 25 heavy (non-hydrogen) atoms. The van der Waals surface area contributed by atoms with E-state index in [4.69, 9.17) is 21.1 Å². The van der Waals surface area contributed by atoms with Gasteiger partial charge in [0.25, 0.3) is 5.91 Å². The van der Waals surface area contributed by atoms with E-state index in [9.17, 15) is 4.79 Å². The van der Waals surface area contributed by atoms with Crippen LogP contribution >= 0.6 is 22.9 Å². The molecule has 1 heterocycles. The molecule has 3 rings (SSSR count). The number of para-hydroxylation sites is 2. The first-order valence-corrected chi connectivity index (χ1v) is 8.66. The standard InChI is InChI=1S/C18H15ClN2O3S/c1-2-9-23-14-5-3-4-6-15(14)24-11-17(22)21-18-20-13-8-7-12(19)10-16(13)25-18/h2-8,10H,1,9,11H2,(H,20,21,22). The minimum atomic E-state index is -0.302. The number of ether oxygens (including phenoxy) is 2. The quantitative estimate of drug-likeness (QED) is 0.617. The SMILES string of the molecule is C=CCOc1ccccc1OCC(=O)Nc1nc2ccc(Cl)cc2s1. The molecule has 0 spiro atoms. The van der Waals surface area contributed by atoms with E-state index in [0.717, 1.165) is 10.2 Å². The minimum Gasteiger partial charge on any atom is -0.486 e. The molecule has 2 aromatic carbocycles. The van der Waals surface area contributed by atoms with Gasteiger partial charge in [0.15, 0.2) is 23.2 Å². The summed E-state index contributed by atoms with van der Waals surface area (Å²) in [5.74, 6) is 0.754. The highest BCUT2D eigenvalue weighted by Gasteiger charge is 2.10. The van der Waals surface area contributed by atoms with Crippen molar-refractivity contribution in [2.24, 2.45) is 0 Å². The topological polar surface area (TPSA) is 60.5 Å². The molecule has 1 N–H and O–H groups in total. The van der Waals surface area contributed by atoms with Crippen molar-refractivity contribution >= 4 is 44.2 Å². The van der Waals surface area contributed by atoms with Gasteiger partial charge in [-0.1, -0.05) is 47.7 Å². The zero-order valence-corrected chi connectivity index (χ0v) is 14.8. The second kappa shape index (κ2) is 8.00. The predicted molar refractivity (Wildman–Crippen MR) is 101 cm³/mol. The van der Waals surface area contributed by atoms with Crippen LogP contribution in [0.5, 0.6) is 11.5 Å². The van der Waals surface area contributed by atoms with Gasteiger partial charge in [0.2, 0.25) is 0 Å². The molecule has 0 aliphatic rings. The van der Waals surface area contributed by atoms with Crippen molar-refractivity contribution in [2.45, 2.75) is 0 Å². The number of amides is 1. The van der Waals surface area contributed by atoms with Crippen LogP contribution < -0.4 is 14.8 Å². The lowest BCUT2D eigenvalue weighted by molar-refractivity contribution is -0.118. The maximum atomic E-state index is 12.1. The lowest BCUT2D eigenvalue weighted by Gasteiger charge is -2.11. The zero-order valence-electron chi connectivity index (χ0n) is 13.2. The highest BCUT2D eigenvalue weighted by molar-refractivity contribution is 7.22. The van der Waals surface area contributed by atoms with Crippen LogP contribution in [0.2, 0.25) is 5.02 Å². The van der Waals surface area contributed by atoms with Crippen LogP contribution in [0.25, 0.3) is 10.2 Å². The molecule has 0 saturated carbocycles. The Labute approximate surface area is 153 Å². The molecule has 1 amide bonds. The average molecular weight is 375 g/mol. The molecule has 0 atom stereocenters. The number of carbonyl (C=O) groups is 1. The summed E-state index contributed by atoms with van der Waals surface area (Å²) in [7, 11) is 0. The van der Waals surface area contributed by atoms with Crippen LogP contribution in [0.3, 0.4) is 0 Å². The molecular weight excluding hydrogens is 360 g/mol. The Bertz CT molecular complexity index is 910. The molecule has 0 fully saturated rings. The molecule has 0 aliphatic heterocycles. The van der Waals surface area contributed by atoms with Crippen LogP contribution in [-0.2, 0) is 4.79 Å². The molecule has 0 saturated heterocycles. The maximum absolute atomic E-state index is 12.1. The molecule has 0 bridgehead atoms. The molecule has 0 radical (unpaired) electrons. The van der Waals surface area contributed by atoms with Crippen LogP contribution in [0.4, 0.5) is 5.13 Å². The first-order chi connectivity index (χ1) is 12.2. The number of nitrogens with zero attached hydrogens (tertiary/aromatic N) is 1. The number of benzene rings is 2. The van der Waals surface area contributed by atoms with Gasteiger partial charge in [-0.3, -0.25) is 10.1 Å². The van der Waals surface area contributed by atoms with E-state index in [1.54, 1.807) is 24.3 Å². The first-order valence-electron chi connectivity index (χ1n) is 7.47. The Morgan fingerprint density at radius 2 is 2.00 bits per heavy atom.